The Kier molecular flexibility index (Phi) is 4.41. The number of amides is 2. The van der Waals surface area contributed by atoms with Crippen molar-refractivity contribution in [3.63, 3.8) is 0 Å². The van der Waals surface area contributed by atoms with Crippen molar-refractivity contribution in [1.29, 1.82) is 0 Å². The topological polar surface area (TPSA) is 80.8 Å². The quantitative estimate of drug-likeness (QED) is 0.307. The second-order valence-corrected chi connectivity index (χ2v) is 9.58. The van der Waals surface area contributed by atoms with Crippen LogP contribution in [0.2, 0.25) is 0 Å². The summed E-state index contributed by atoms with van der Waals surface area (Å²) in [5.41, 5.74) is 2.08. The number of Topliss-reactive ketones (excluding diaryl/α,β-unsaturated/α-hetero) is 1. The first kappa shape index (κ1) is 20.1. The molecule has 1 saturated heterocycles. The van der Waals surface area contributed by atoms with Crippen molar-refractivity contribution in [2.24, 2.45) is 35.5 Å². The first-order chi connectivity index (χ1) is 15.9. The Labute approximate surface area is 191 Å². The lowest BCUT2D eigenvalue weighted by molar-refractivity contribution is -0.124. The molecule has 6 nitrogen and oxygen atoms in total. The number of anilines is 1. The molecule has 2 aromatic carbocycles. The molecule has 0 aromatic heterocycles. The number of rotatable bonds is 5. The Morgan fingerprint density at radius 2 is 1.55 bits per heavy atom. The number of esters is 1. The van der Waals surface area contributed by atoms with Gasteiger partial charge >= 0.3 is 5.97 Å². The van der Waals surface area contributed by atoms with Crippen LogP contribution in [0.5, 0.6) is 0 Å². The number of hydrogen-bond donors (Lipinski definition) is 0. The highest BCUT2D eigenvalue weighted by atomic mass is 16.5. The fourth-order valence-electron chi connectivity index (χ4n) is 6.02. The number of imide groups is 1. The molecule has 166 valence electrons. The summed E-state index contributed by atoms with van der Waals surface area (Å²) < 4.78 is 5.22. The highest BCUT2D eigenvalue weighted by molar-refractivity contribution is 6.23. The molecule has 0 radical (unpaired) electrons. The zero-order chi connectivity index (χ0) is 22.9. The Morgan fingerprint density at radius 1 is 0.909 bits per heavy atom. The van der Waals surface area contributed by atoms with Gasteiger partial charge in [0.05, 0.1) is 23.1 Å². The zero-order valence-electron chi connectivity index (χ0n) is 18.1. The van der Waals surface area contributed by atoms with E-state index in [-0.39, 0.29) is 53.4 Å². The highest BCUT2D eigenvalue weighted by Crippen LogP contribution is 2.65. The Morgan fingerprint density at radius 3 is 2.18 bits per heavy atom. The van der Waals surface area contributed by atoms with Gasteiger partial charge < -0.3 is 4.74 Å². The predicted molar refractivity (Wildman–Crippen MR) is 119 cm³/mol. The van der Waals surface area contributed by atoms with E-state index in [9.17, 15) is 19.2 Å². The average Bonchev–Trinajstić information content (AvgIpc) is 3.61. The van der Waals surface area contributed by atoms with Gasteiger partial charge in [0.1, 0.15) is 0 Å². The van der Waals surface area contributed by atoms with Gasteiger partial charge in [-0.2, -0.15) is 0 Å². The molecule has 1 heterocycles. The lowest BCUT2D eigenvalue weighted by Gasteiger charge is -2.37. The Balaban J connectivity index is 1.18. The summed E-state index contributed by atoms with van der Waals surface area (Å²) in [5, 5.41) is 0. The standard InChI is InChI=1S/C27H23NO5/c1-14-5-7-15(8-6-14)22(29)13-33-27(32)16-3-2-4-17(11-16)28-25(30)23-18-9-10-19(21-12-20(18)21)24(23)26(28)31/h2-11,18-21,23-24H,12-13H2,1H3/t18-,19-,20-,21+,23-,24+/m1/s1. The molecule has 2 aromatic rings. The fraction of sp³-hybridized carbons (Fsp3) is 0.333. The van der Waals surface area contributed by atoms with Gasteiger partial charge in [-0.1, -0.05) is 48.0 Å². The van der Waals surface area contributed by atoms with Crippen LogP contribution < -0.4 is 4.90 Å². The van der Waals surface area contributed by atoms with Crippen molar-refractivity contribution in [2.75, 3.05) is 11.5 Å². The molecule has 0 spiro atoms. The molecule has 7 rings (SSSR count). The van der Waals surface area contributed by atoms with E-state index in [0.717, 1.165) is 12.0 Å². The normalized spacial score (nSPS) is 30.8. The van der Waals surface area contributed by atoms with Gasteiger partial charge in [0.25, 0.3) is 0 Å². The summed E-state index contributed by atoms with van der Waals surface area (Å²) in [6.45, 7) is 1.55. The molecule has 2 saturated carbocycles. The van der Waals surface area contributed by atoms with E-state index in [4.69, 9.17) is 4.74 Å². The summed E-state index contributed by atoms with van der Waals surface area (Å²) in [6.07, 6.45) is 5.37. The number of hydrogen-bond acceptors (Lipinski definition) is 5. The maximum atomic E-state index is 13.3. The Hall–Kier alpha value is -3.54. The van der Waals surface area contributed by atoms with Crippen LogP contribution in [0, 0.1) is 42.4 Å². The molecule has 6 heteroatoms. The molecular weight excluding hydrogens is 418 g/mol. The second-order valence-electron chi connectivity index (χ2n) is 9.58. The third-order valence-electron chi connectivity index (χ3n) is 7.71. The number of carbonyl (C=O) groups excluding carboxylic acids is 4. The summed E-state index contributed by atoms with van der Waals surface area (Å²) in [4.78, 5) is 52.8. The number of benzene rings is 2. The zero-order valence-corrected chi connectivity index (χ0v) is 18.1. The first-order valence-electron chi connectivity index (χ1n) is 11.4. The summed E-state index contributed by atoms with van der Waals surface area (Å²) in [7, 11) is 0. The number of allylic oxidation sites excluding steroid dienone is 2. The van der Waals surface area contributed by atoms with Crippen LogP contribution >= 0.6 is 0 Å². The molecule has 2 bridgehead atoms. The number of ether oxygens (including phenoxy) is 1. The van der Waals surface area contributed by atoms with Gasteiger partial charge in [-0.15, -0.1) is 0 Å². The van der Waals surface area contributed by atoms with Crippen LogP contribution in [0.3, 0.4) is 0 Å². The minimum atomic E-state index is -0.670. The van der Waals surface area contributed by atoms with Crippen LogP contribution in [0.1, 0.15) is 32.7 Å². The fourth-order valence-corrected chi connectivity index (χ4v) is 6.02. The van der Waals surface area contributed by atoms with Crippen molar-refractivity contribution in [3.05, 3.63) is 77.4 Å². The molecule has 4 aliphatic carbocycles. The maximum Gasteiger partial charge on any atom is 0.338 e. The average molecular weight is 441 g/mol. The first-order valence-corrected chi connectivity index (χ1v) is 11.4. The predicted octanol–water partition coefficient (Wildman–Crippen LogP) is 3.59. The lowest BCUT2D eigenvalue weighted by Crippen LogP contribution is -2.40. The van der Waals surface area contributed by atoms with E-state index in [1.54, 1.807) is 30.3 Å². The smallest absolute Gasteiger partial charge is 0.338 e. The van der Waals surface area contributed by atoms with Crippen LogP contribution in [0.25, 0.3) is 0 Å². The molecule has 5 aliphatic rings. The Bertz CT molecular complexity index is 1190. The van der Waals surface area contributed by atoms with Crippen molar-refractivity contribution in [3.8, 4) is 0 Å². The minimum Gasteiger partial charge on any atom is -0.454 e. The van der Waals surface area contributed by atoms with Crippen molar-refractivity contribution < 1.29 is 23.9 Å². The summed E-state index contributed by atoms with van der Waals surface area (Å²) in [5.74, 6) is -0.537. The molecule has 3 fully saturated rings. The lowest BCUT2D eigenvalue weighted by atomic mass is 9.63. The van der Waals surface area contributed by atoms with Gasteiger partial charge in [-0.05, 0) is 55.2 Å². The van der Waals surface area contributed by atoms with E-state index < -0.39 is 5.97 Å². The monoisotopic (exact) mass is 441 g/mol. The SMILES string of the molecule is Cc1ccc(C(=O)COC(=O)c2cccc(N3C(=O)[C@@H]4[C@@H]5C=C[C@H]([C@@H]6C[C@H]56)[C@@H]4C3=O)c2)cc1. The molecule has 1 aliphatic heterocycles. The number of ketones is 1. The van der Waals surface area contributed by atoms with Crippen LogP contribution in [0.15, 0.2) is 60.7 Å². The number of nitrogens with zero attached hydrogens (tertiary/aromatic N) is 1. The largest absolute Gasteiger partial charge is 0.454 e. The number of aryl methyl sites for hydroxylation is 1. The van der Waals surface area contributed by atoms with Crippen LogP contribution in [-0.4, -0.2) is 30.2 Å². The molecule has 0 unspecified atom stereocenters. The van der Waals surface area contributed by atoms with Crippen LogP contribution in [0.4, 0.5) is 5.69 Å². The van der Waals surface area contributed by atoms with Crippen LogP contribution in [-0.2, 0) is 14.3 Å². The van der Waals surface area contributed by atoms with Crippen molar-refractivity contribution in [1.82, 2.24) is 0 Å². The van der Waals surface area contributed by atoms with Gasteiger partial charge in [-0.3, -0.25) is 14.4 Å². The maximum absolute atomic E-state index is 13.3. The third-order valence-corrected chi connectivity index (χ3v) is 7.71. The van der Waals surface area contributed by atoms with E-state index in [1.165, 1.54) is 11.0 Å². The molecular formula is C27H23NO5. The van der Waals surface area contributed by atoms with Crippen molar-refractivity contribution in [2.45, 2.75) is 13.3 Å². The molecule has 2 amide bonds. The third kappa shape index (κ3) is 3.08. The molecule has 6 atom stereocenters. The van der Waals surface area contributed by atoms with Gasteiger partial charge in [0.2, 0.25) is 11.8 Å². The van der Waals surface area contributed by atoms with E-state index in [1.807, 2.05) is 19.1 Å². The highest BCUT2D eigenvalue weighted by Gasteiger charge is 2.67. The van der Waals surface area contributed by atoms with Gasteiger partial charge in [0, 0.05) is 5.56 Å². The van der Waals surface area contributed by atoms with Gasteiger partial charge in [0.15, 0.2) is 12.4 Å². The van der Waals surface area contributed by atoms with E-state index >= 15 is 0 Å². The van der Waals surface area contributed by atoms with E-state index in [0.29, 0.717) is 23.1 Å². The minimum absolute atomic E-state index is 0.146. The van der Waals surface area contributed by atoms with E-state index in [2.05, 4.69) is 12.2 Å². The molecule has 33 heavy (non-hydrogen) atoms. The molecule has 0 N–H and O–H groups in total. The summed E-state index contributed by atoms with van der Waals surface area (Å²) >= 11 is 0. The number of carbonyl (C=O) groups is 4. The van der Waals surface area contributed by atoms with Gasteiger partial charge in [-0.25, -0.2) is 9.69 Å². The summed E-state index contributed by atoms with van der Waals surface area (Å²) in [6, 6.07) is 13.4. The van der Waals surface area contributed by atoms with Crippen molar-refractivity contribution >= 4 is 29.3 Å². The second kappa shape index (κ2) is 7.24.